The molecule has 3 heteroatoms. The number of halogens is 1. The summed E-state index contributed by atoms with van der Waals surface area (Å²) in [4.78, 5) is 4.60. The van der Waals surface area contributed by atoms with Crippen molar-refractivity contribution in [1.82, 2.24) is 4.98 Å². The molecule has 2 nitrogen and oxygen atoms in total. The monoisotopic (exact) mass is 274 g/mol. The topological polar surface area (TPSA) is 38.9 Å². The van der Waals surface area contributed by atoms with Crippen LogP contribution < -0.4 is 5.73 Å². The molecule has 1 heterocycles. The fourth-order valence-corrected chi connectivity index (χ4v) is 2.54. The number of rotatable bonds is 4. The van der Waals surface area contributed by atoms with Crippen LogP contribution in [-0.4, -0.2) is 17.7 Å². The molecule has 0 amide bonds. The minimum absolute atomic E-state index is 0.103. The zero-order valence-corrected chi connectivity index (χ0v) is 12.5. The van der Waals surface area contributed by atoms with E-state index in [0.717, 1.165) is 23.3 Å². The fourth-order valence-electron chi connectivity index (χ4n) is 2.54. The number of nitrogens with zero attached hydrogens (tertiary/aromatic N) is 1. The number of alkyl halides is 1. The van der Waals surface area contributed by atoms with Crippen molar-refractivity contribution in [2.75, 3.05) is 6.54 Å². The number of aryl methyl sites for hydroxylation is 1. The Bertz CT molecular complexity index is 544. The molecule has 1 atom stereocenters. The van der Waals surface area contributed by atoms with Crippen LogP contribution in [0.5, 0.6) is 0 Å². The Kier molecular flexibility index (Phi) is 4.39. The maximum atomic E-state index is 13.0. The summed E-state index contributed by atoms with van der Waals surface area (Å²) in [7, 11) is 0. The fraction of sp³-hybridized carbons (Fsp3) is 0.471. The van der Waals surface area contributed by atoms with Crippen LogP contribution in [0.1, 0.15) is 37.1 Å². The van der Waals surface area contributed by atoms with Crippen LogP contribution >= 0.6 is 0 Å². The van der Waals surface area contributed by atoms with Gasteiger partial charge < -0.3 is 5.73 Å². The molecule has 1 aromatic rings. The number of hydrogen-bond donors (Lipinski definition) is 1. The van der Waals surface area contributed by atoms with Crippen LogP contribution in [0, 0.1) is 6.92 Å². The van der Waals surface area contributed by atoms with E-state index in [1.165, 1.54) is 5.56 Å². The molecule has 1 unspecified atom stereocenters. The molecule has 0 saturated heterocycles. The van der Waals surface area contributed by atoms with Crippen LogP contribution in [0.3, 0.4) is 0 Å². The predicted octanol–water partition coefficient (Wildman–Crippen LogP) is 3.39. The van der Waals surface area contributed by atoms with Gasteiger partial charge in [-0.15, -0.1) is 0 Å². The van der Waals surface area contributed by atoms with E-state index in [4.69, 9.17) is 5.73 Å². The maximum Gasteiger partial charge on any atom is 0.122 e. The normalized spacial score (nSPS) is 19.1. The van der Waals surface area contributed by atoms with Gasteiger partial charge in [0.25, 0.3) is 0 Å². The smallest absolute Gasteiger partial charge is 0.122 e. The Morgan fingerprint density at radius 2 is 2.20 bits per heavy atom. The first kappa shape index (κ1) is 14.9. The van der Waals surface area contributed by atoms with Gasteiger partial charge in [-0.25, -0.2) is 4.39 Å². The van der Waals surface area contributed by atoms with Gasteiger partial charge in [-0.05, 0) is 30.0 Å². The number of aromatic nitrogens is 1. The Labute approximate surface area is 120 Å². The average molecular weight is 274 g/mol. The molecule has 0 fully saturated rings. The van der Waals surface area contributed by atoms with Gasteiger partial charge in [0.05, 0.1) is 5.69 Å². The summed E-state index contributed by atoms with van der Waals surface area (Å²) < 4.78 is 13.0. The third kappa shape index (κ3) is 3.34. The maximum absolute atomic E-state index is 13.0. The summed E-state index contributed by atoms with van der Waals surface area (Å²) in [5.41, 5.74) is 10.3. The largest absolute Gasteiger partial charge is 0.330 e. The Morgan fingerprint density at radius 1 is 1.45 bits per heavy atom. The highest BCUT2D eigenvalue weighted by Crippen LogP contribution is 2.25. The second kappa shape index (κ2) is 5.88. The Morgan fingerprint density at radius 3 is 2.75 bits per heavy atom. The lowest BCUT2D eigenvalue weighted by Crippen LogP contribution is -2.30. The molecule has 2 N–H and O–H groups in total. The summed E-state index contributed by atoms with van der Waals surface area (Å²) in [5.74, 6) is 0. The number of nitrogens with two attached hydrogens (primary N) is 1. The number of pyridine rings is 1. The zero-order valence-electron chi connectivity index (χ0n) is 12.5. The van der Waals surface area contributed by atoms with E-state index in [9.17, 15) is 4.39 Å². The van der Waals surface area contributed by atoms with E-state index >= 15 is 0 Å². The number of allylic oxidation sites excluding steroid dienone is 4. The van der Waals surface area contributed by atoms with Gasteiger partial charge in [-0.2, -0.15) is 0 Å². The molecule has 1 aliphatic rings. The molecule has 0 bridgehead atoms. The van der Waals surface area contributed by atoms with E-state index < -0.39 is 6.17 Å². The molecule has 0 spiro atoms. The van der Waals surface area contributed by atoms with Gasteiger partial charge in [-0.1, -0.05) is 38.1 Å². The van der Waals surface area contributed by atoms with Crippen molar-refractivity contribution < 1.29 is 4.39 Å². The summed E-state index contributed by atoms with van der Waals surface area (Å²) in [6.07, 6.45) is 7.85. The van der Waals surface area contributed by atoms with E-state index in [1.54, 1.807) is 6.08 Å². The second-order valence-corrected chi connectivity index (χ2v) is 6.16. The predicted molar refractivity (Wildman–Crippen MR) is 81.5 cm³/mol. The molecular formula is C17H23FN2. The molecule has 20 heavy (non-hydrogen) atoms. The molecule has 0 aromatic carbocycles. The minimum atomic E-state index is -0.827. The second-order valence-electron chi connectivity index (χ2n) is 6.16. The van der Waals surface area contributed by atoms with Crippen molar-refractivity contribution in [3.8, 4) is 0 Å². The highest BCUT2D eigenvalue weighted by Gasteiger charge is 2.22. The SMILES string of the molecule is Cc1cc(CC2=CCC(F)C=C2)cnc1C(C)(C)CN. The Balaban J connectivity index is 2.16. The van der Waals surface area contributed by atoms with Crippen LogP contribution in [0.2, 0.25) is 0 Å². The van der Waals surface area contributed by atoms with Crippen molar-refractivity contribution in [3.05, 3.63) is 52.9 Å². The minimum Gasteiger partial charge on any atom is -0.330 e. The van der Waals surface area contributed by atoms with Crippen LogP contribution in [0.25, 0.3) is 0 Å². The number of hydrogen-bond acceptors (Lipinski definition) is 2. The lowest BCUT2D eigenvalue weighted by Gasteiger charge is -2.24. The van der Waals surface area contributed by atoms with Crippen molar-refractivity contribution in [2.24, 2.45) is 5.73 Å². The quantitative estimate of drug-likeness (QED) is 0.914. The molecule has 108 valence electrons. The van der Waals surface area contributed by atoms with E-state index in [1.807, 2.05) is 18.3 Å². The summed E-state index contributed by atoms with van der Waals surface area (Å²) in [5, 5.41) is 0. The first-order valence-corrected chi connectivity index (χ1v) is 7.10. The van der Waals surface area contributed by atoms with Gasteiger partial charge in [0.2, 0.25) is 0 Å². The Hall–Kier alpha value is -1.48. The third-order valence-electron chi connectivity index (χ3n) is 3.82. The van der Waals surface area contributed by atoms with Crippen LogP contribution in [0.15, 0.2) is 36.1 Å². The van der Waals surface area contributed by atoms with Crippen LogP contribution in [0.4, 0.5) is 4.39 Å². The molecule has 2 rings (SSSR count). The summed E-state index contributed by atoms with van der Waals surface area (Å²) >= 11 is 0. The zero-order chi connectivity index (χ0) is 14.8. The summed E-state index contributed by atoms with van der Waals surface area (Å²) in [6.45, 7) is 6.86. The first-order chi connectivity index (χ1) is 9.42. The van der Waals surface area contributed by atoms with Gasteiger partial charge >= 0.3 is 0 Å². The average Bonchev–Trinajstić information content (AvgIpc) is 2.41. The molecule has 0 saturated carbocycles. The third-order valence-corrected chi connectivity index (χ3v) is 3.82. The van der Waals surface area contributed by atoms with Crippen LogP contribution in [-0.2, 0) is 11.8 Å². The summed E-state index contributed by atoms with van der Waals surface area (Å²) in [6, 6.07) is 2.16. The van der Waals surface area contributed by atoms with E-state index in [0.29, 0.717) is 13.0 Å². The highest BCUT2D eigenvalue weighted by atomic mass is 19.1. The van der Waals surface area contributed by atoms with Crippen molar-refractivity contribution >= 4 is 0 Å². The first-order valence-electron chi connectivity index (χ1n) is 7.10. The molecule has 1 aliphatic carbocycles. The van der Waals surface area contributed by atoms with Gasteiger partial charge in [0, 0.05) is 24.6 Å². The molecule has 1 aromatic heterocycles. The van der Waals surface area contributed by atoms with E-state index in [-0.39, 0.29) is 5.41 Å². The lowest BCUT2D eigenvalue weighted by molar-refractivity contribution is 0.400. The highest BCUT2D eigenvalue weighted by molar-refractivity contribution is 5.35. The molecular weight excluding hydrogens is 251 g/mol. The van der Waals surface area contributed by atoms with E-state index in [2.05, 4.69) is 31.8 Å². The van der Waals surface area contributed by atoms with Gasteiger partial charge in [0.15, 0.2) is 0 Å². The van der Waals surface area contributed by atoms with Crippen molar-refractivity contribution in [2.45, 2.75) is 45.2 Å². The molecule has 0 aliphatic heterocycles. The lowest BCUT2D eigenvalue weighted by atomic mass is 9.86. The van der Waals surface area contributed by atoms with Crippen molar-refractivity contribution in [1.29, 1.82) is 0 Å². The van der Waals surface area contributed by atoms with Gasteiger partial charge in [-0.3, -0.25) is 4.98 Å². The van der Waals surface area contributed by atoms with Gasteiger partial charge in [0.1, 0.15) is 6.17 Å². The standard InChI is InChI=1S/C17H23FN2/c1-12-8-14(9-13-4-6-15(18)7-5-13)10-20-16(12)17(2,3)11-19/h4-6,8,10,15H,7,9,11,19H2,1-3H3. The molecule has 0 radical (unpaired) electrons. The van der Waals surface area contributed by atoms with Crippen molar-refractivity contribution in [3.63, 3.8) is 0 Å².